The fourth-order valence-electron chi connectivity index (χ4n) is 2.31. The fraction of sp³-hybridized carbons (Fsp3) is 0.211. The summed E-state index contributed by atoms with van der Waals surface area (Å²) in [6.07, 6.45) is -1.29. The predicted molar refractivity (Wildman–Crippen MR) is 102 cm³/mol. The van der Waals surface area contributed by atoms with Crippen LogP contribution >= 0.6 is 27.5 Å². The largest absolute Gasteiger partial charge is 0.445 e. The molecule has 3 nitrogen and oxygen atoms in total. The zero-order valence-corrected chi connectivity index (χ0v) is 16.6. The summed E-state index contributed by atoms with van der Waals surface area (Å²) in [4.78, 5) is 12.0. The van der Waals surface area contributed by atoms with E-state index >= 15 is 0 Å². The van der Waals surface area contributed by atoms with Gasteiger partial charge in [-0.3, -0.25) is 0 Å². The van der Waals surface area contributed by atoms with E-state index in [1.165, 1.54) is 12.1 Å². The Balaban J connectivity index is 2.28. The van der Waals surface area contributed by atoms with Gasteiger partial charge in [-0.05, 0) is 39.2 Å². The Morgan fingerprint density at radius 2 is 1.79 bits per heavy atom. The van der Waals surface area contributed by atoms with E-state index in [2.05, 4.69) is 22.5 Å². The standard InChI is InChI=1S/C19H15BrClF4NO2/c1-12(20)18(22,23)19(24,25)16(14-8-5-9-15(21)10-14)26-17(27)28-11-13-6-3-2-4-7-13/h2-10,16H,1,11H2,(H,26,27). The number of hydrogen-bond donors (Lipinski definition) is 1. The number of carbonyl (C=O) groups excluding carboxylic acids is 1. The van der Waals surface area contributed by atoms with Crippen LogP contribution in [-0.2, 0) is 11.3 Å². The van der Waals surface area contributed by atoms with E-state index in [4.69, 9.17) is 16.3 Å². The third-order valence-electron chi connectivity index (χ3n) is 3.78. The van der Waals surface area contributed by atoms with Crippen molar-refractivity contribution >= 4 is 33.6 Å². The molecular weight excluding hydrogens is 466 g/mol. The minimum Gasteiger partial charge on any atom is -0.445 e. The normalized spacial score (nSPS) is 12.9. The first kappa shape index (κ1) is 22.2. The van der Waals surface area contributed by atoms with Gasteiger partial charge < -0.3 is 10.1 Å². The Bertz CT molecular complexity index is 849. The number of halogens is 6. The average molecular weight is 481 g/mol. The molecule has 0 aliphatic rings. The van der Waals surface area contributed by atoms with Crippen LogP contribution in [0.5, 0.6) is 0 Å². The third-order valence-corrected chi connectivity index (χ3v) is 4.51. The zero-order chi connectivity index (χ0) is 20.9. The van der Waals surface area contributed by atoms with Crippen molar-refractivity contribution in [3.05, 3.63) is 81.8 Å². The molecule has 0 aliphatic carbocycles. The summed E-state index contributed by atoms with van der Waals surface area (Å²) in [6.45, 7) is 2.64. The Morgan fingerprint density at radius 3 is 2.36 bits per heavy atom. The van der Waals surface area contributed by atoms with Gasteiger partial charge in [-0.2, -0.15) is 17.6 Å². The SMILES string of the molecule is C=C(Br)C(F)(F)C(F)(F)C(NC(=O)OCc1ccccc1)c1cccc(Cl)c1. The molecule has 0 aromatic heterocycles. The monoisotopic (exact) mass is 479 g/mol. The molecule has 1 amide bonds. The van der Waals surface area contributed by atoms with Gasteiger partial charge >= 0.3 is 17.9 Å². The summed E-state index contributed by atoms with van der Waals surface area (Å²) < 4.78 is 61.3. The summed E-state index contributed by atoms with van der Waals surface area (Å²) in [5, 5.41) is 1.86. The van der Waals surface area contributed by atoms with E-state index in [0.717, 1.165) is 12.1 Å². The minimum atomic E-state index is -4.73. The zero-order valence-electron chi connectivity index (χ0n) is 14.3. The van der Waals surface area contributed by atoms with Crippen LogP contribution in [0.15, 0.2) is 65.7 Å². The molecule has 0 heterocycles. The number of rotatable bonds is 7. The third kappa shape index (κ3) is 5.05. The molecule has 0 saturated carbocycles. The molecule has 1 unspecified atom stereocenters. The first-order valence-corrected chi connectivity index (χ1v) is 9.06. The first-order valence-electron chi connectivity index (χ1n) is 7.89. The minimum absolute atomic E-state index is 0.0405. The molecule has 0 radical (unpaired) electrons. The molecular formula is C19H15BrClF4NO2. The van der Waals surface area contributed by atoms with E-state index in [-0.39, 0.29) is 17.2 Å². The van der Waals surface area contributed by atoms with Crippen molar-refractivity contribution in [3.8, 4) is 0 Å². The summed E-state index contributed by atoms with van der Waals surface area (Å²) >= 11 is 8.11. The molecule has 2 rings (SSSR count). The summed E-state index contributed by atoms with van der Waals surface area (Å²) in [5.41, 5.74) is 0.283. The Labute approximate surface area is 172 Å². The van der Waals surface area contributed by atoms with Crippen LogP contribution in [0.2, 0.25) is 5.02 Å². The lowest BCUT2D eigenvalue weighted by Gasteiger charge is -2.33. The average Bonchev–Trinajstić information content (AvgIpc) is 2.64. The van der Waals surface area contributed by atoms with E-state index < -0.39 is 28.5 Å². The number of allylic oxidation sites excluding steroid dienone is 1. The van der Waals surface area contributed by atoms with Crippen LogP contribution in [0.25, 0.3) is 0 Å². The van der Waals surface area contributed by atoms with Gasteiger partial charge in [-0.25, -0.2) is 4.79 Å². The molecule has 150 valence electrons. The van der Waals surface area contributed by atoms with Crippen molar-refractivity contribution in [3.63, 3.8) is 0 Å². The molecule has 2 aromatic carbocycles. The molecule has 0 fully saturated rings. The fourth-order valence-corrected chi connectivity index (χ4v) is 2.78. The summed E-state index contributed by atoms with van der Waals surface area (Å²) in [5.74, 6) is -9.39. The van der Waals surface area contributed by atoms with Crippen molar-refractivity contribution in [1.82, 2.24) is 5.32 Å². The van der Waals surface area contributed by atoms with Crippen LogP contribution in [0, 0.1) is 0 Å². The highest BCUT2D eigenvalue weighted by Crippen LogP contribution is 2.48. The lowest BCUT2D eigenvalue weighted by atomic mass is 9.95. The highest BCUT2D eigenvalue weighted by Gasteiger charge is 2.63. The number of amides is 1. The number of ether oxygens (including phenoxy) is 1. The van der Waals surface area contributed by atoms with Gasteiger partial charge in [0, 0.05) is 5.02 Å². The van der Waals surface area contributed by atoms with E-state index in [1.807, 2.05) is 5.32 Å². The molecule has 28 heavy (non-hydrogen) atoms. The van der Waals surface area contributed by atoms with Gasteiger partial charge in [0.05, 0.1) is 4.48 Å². The molecule has 2 aromatic rings. The molecule has 9 heteroatoms. The number of hydrogen-bond acceptors (Lipinski definition) is 2. The van der Waals surface area contributed by atoms with Gasteiger partial charge in [0.1, 0.15) is 12.6 Å². The van der Waals surface area contributed by atoms with Crippen molar-refractivity contribution in [2.75, 3.05) is 0 Å². The molecule has 1 N–H and O–H groups in total. The Morgan fingerprint density at radius 1 is 1.14 bits per heavy atom. The smallest absolute Gasteiger partial charge is 0.408 e. The van der Waals surface area contributed by atoms with Gasteiger partial charge in [-0.1, -0.05) is 60.6 Å². The van der Waals surface area contributed by atoms with Crippen molar-refractivity contribution in [1.29, 1.82) is 0 Å². The van der Waals surface area contributed by atoms with Gasteiger partial charge in [0.2, 0.25) is 0 Å². The predicted octanol–water partition coefficient (Wildman–Crippen LogP) is 6.49. The van der Waals surface area contributed by atoms with Crippen molar-refractivity contribution < 1.29 is 27.1 Å². The van der Waals surface area contributed by atoms with Crippen LogP contribution in [0.1, 0.15) is 17.2 Å². The number of alkyl carbamates (subject to hydrolysis) is 1. The second-order valence-electron chi connectivity index (χ2n) is 5.80. The van der Waals surface area contributed by atoms with E-state index in [1.54, 1.807) is 30.3 Å². The number of benzene rings is 2. The van der Waals surface area contributed by atoms with E-state index in [9.17, 15) is 22.4 Å². The maximum absolute atomic E-state index is 14.7. The lowest BCUT2D eigenvalue weighted by molar-refractivity contribution is -0.198. The Kier molecular flexibility index (Phi) is 7.11. The Hall–Kier alpha value is -2.06. The summed E-state index contributed by atoms with van der Waals surface area (Å²) in [7, 11) is 0. The lowest BCUT2D eigenvalue weighted by Crippen LogP contribution is -2.51. The molecule has 0 aliphatic heterocycles. The highest BCUT2D eigenvalue weighted by atomic mass is 79.9. The maximum atomic E-state index is 14.7. The van der Waals surface area contributed by atoms with E-state index in [0.29, 0.717) is 5.56 Å². The van der Waals surface area contributed by atoms with Crippen molar-refractivity contribution in [2.45, 2.75) is 24.5 Å². The van der Waals surface area contributed by atoms with Crippen LogP contribution in [0.3, 0.4) is 0 Å². The van der Waals surface area contributed by atoms with Gasteiger partial charge in [-0.15, -0.1) is 0 Å². The molecule has 1 atom stereocenters. The number of nitrogens with one attached hydrogen (secondary N) is 1. The topological polar surface area (TPSA) is 38.3 Å². The van der Waals surface area contributed by atoms with Crippen LogP contribution in [0.4, 0.5) is 22.4 Å². The first-order chi connectivity index (χ1) is 13.1. The van der Waals surface area contributed by atoms with Crippen molar-refractivity contribution in [2.24, 2.45) is 0 Å². The summed E-state index contributed by atoms with van der Waals surface area (Å²) in [6, 6.07) is 10.9. The number of alkyl halides is 4. The molecule has 0 bridgehead atoms. The second-order valence-corrected chi connectivity index (χ2v) is 7.19. The van der Waals surface area contributed by atoms with Crippen LogP contribution < -0.4 is 5.32 Å². The van der Waals surface area contributed by atoms with Gasteiger partial charge in [0.15, 0.2) is 0 Å². The second kappa shape index (κ2) is 8.96. The highest BCUT2D eigenvalue weighted by molar-refractivity contribution is 9.11. The van der Waals surface area contributed by atoms with Crippen LogP contribution in [-0.4, -0.2) is 17.9 Å². The molecule has 0 spiro atoms. The maximum Gasteiger partial charge on any atom is 0.408 e. The quantitative estimate of drug-likeness (QED) is 0.460. The van der Waals surface area contributed by atoms with Gasteiger partial charge in [0.25, 0.3) is 0 Å². The number of carbonyl (C=O) groups is 1. The molecule has 0 saturated heterocycles.